The van der Waals surface area contributed by atoms with Crippen LogP contribution in [-0.2, 0) is 14.9 Å². The van der Waals surface area contributed by atoms with Gasteiger partial charge in [-0.05, 0) is 57.2 Å². The van der Waals surface area contributed by atoms with E-state index in [-0.39, 0.29) is 29.4 Å². The van der Waals surface area contributed by atoms with Crippen LogP contribution in [0.4, 0.5) is 0 Å². The van der Waals surface area contributed by atoms with Crippen LogP contribution < -0.4 is 10.6 Å². The molecule has 1 aromatic carbocycles. The zero-order valence-electron chi connectivity index (χ0n) is 17.1. The van der Waals surface area contributed by atoms with Gasteiger partial charge in [0.15, 0.2) is 5.96 Å². The first-order valence-electron chi connectivity index (χ1n) is 10.1. The third-order valence-electron chi connectivity index (χ3n) is 4.98. The van der Waals surface area contributed by atoms with Crippen LogP contribution in [0.2, 0.25) is 5.02 Å². The van der Waals surface area contributed by atoms with Crippen LogP contribution in [0, 0.1) is 0 Å². The van der Waals surface area contributed by atoms with Crippen molar-refractivity contribution in [1.29, 1.82) is 0 Å². The highest BCUT2D eigenvalue weighted by Crippen LogP contribution is 2.36. The van der Waals surface area contributed by atoms with Crippen LogP contribution in [0.3, 0.4) is 0 Å². The molecule has 1 fully saturated rings. The minimum Gasteiger partial charge on any atom is -0.382 e. The third-order valence-corrected chi connectivity index (χ3v) is 5.22. The summed E-state index contributed by atoms with van der Waals surface area (Å²) in [6, 6.07) is 8.20. The maximum atomic E-state index is 6.26. The van der Waals surface area contributed by atoms with Crippen molar-refractivity contribution in [3.8, 4) is 0 Å². The Labute approximate surface area is 192 Å². The number of ether oxygens (including phenoxy) is 2. The van der Waals surface area contributed by atoms with Gasteiger partial charge in [-0.3, -0.25) is 4.99 Å². The Kier molecular flexibility index (Phi) is 13.1. The summed E-state index contributed by atoms with van der Waals surface area (Å²) in [5.41, 5.74) is 1.25. The molecule has 7 heteroatoms. The number of hydrogen-bond donors (Lipinski definition) is 2. The quantitative estimate of drug-likeness (QED) is 0.207. The van der Waals surface area contributed by atoms with Crippen LogP contribution in [0.15, 0.2) is 29.3 Å². The topological polar surface area (TPSA) is 54.9 Å². The Morgan fingerprint density at radius 2 is 2.00 bits per heavy atom. The van der Waals surface area contributed by atoms with Crippen molar-refractivity contribution in [3.05, 3.63) is 34.9 Å². The summed E-state index contributed by atoms with van der Waals surface area (Å²) < 4.78 is 11.0. The summed E-state index contributed by atoms with van der Waals surface area (Å²) >= 11 is 6.26. The number of guanidine groups is 1. The van der Waals surface area contributed by atoms with Gasteiger partial charge < -0.3 is 20.1 Å². The van der Waals surface area contributed by atoms with Crippen LogP contribution >= 0.6 is 35.6 Å². The van der Waals surface area contributed by atoms with Crippen molar-refractivity contribution in [1.82, 2.24) is 10.6 Å². The minimum atomic E-state index is -0.0134. The molecule has 1 heterocycles. The van der Waals surface area contributed by atoms with E-state index in [1.807, 2.05) is 19.1 Å². The van der Waals surface area contributed by atoms with E-state index in [1.54, 1.807) is 0 Å². The number of rotatable bonds is 10. The number of benzene rings is 1. The Balaban J connectivity index is 0.00000392. The molecule has 0 aromatic heterocycles. The molecule has 0 aliphatic carbocycles. The highest BCUT2D eigenvalue weighted by molar-refractivity contribution is 14.0. The molecule has 160 valence electrons. The minimum absolute atomic E-state index is 0. The zero-order valence-corrected chi connectivity index (χ0v) is 20.2. The van der Waals surface area contributed by atoms with Crippen molar-refractivity contribution in [2.75, 3.05) is 46.1 Å². The van der Waals surface area contributed by atoms with Gasteiger partial charge >= 0.3 is 0 Å². The molecular formula is C21H35ClIN3O2. The van der Waals surface area contributed by atoms with E-state index < -0.39 is 0 Å². The fraction of sp³-hybridized carbons (Fsp3) is 0.667. The summed E-state index contributed by atoms with van der Waals surface area (Å²) in [5.74, 6) is 0.877. The fourth-order valence-corrected chi connectivity index (χ4v) is 3.56. The van der Waals surface area contributed by atoms with E-state index in [9.17, 15) is 0 Å². The molecule has 2 N–H and O–H groups in total. The molecule has 1 aromatic rings. The number of halogens is 2. The van der Waals surface area contributed by atoms with Crippen molar-refractivity contribution in [2.24, 2.45) is 4.99 Å². The van der Waals surface area contributed by atoms with E-state index >= 15 is 0 Å². The molecular weight excluding hydrogens is 489 g/mol. The second-order valence-electron chi connectivity index (χ2n) is 6.93. The maximum Gasteiger partial charge on any atom is 0.191 e. The van der Waals surface area contributed by atoms with E-state index in [0.717, 1.165) is 82.7 Å². The van der Waals surface area contributed by atoms with E-state index in [4.69, 9.17) is 26.1 Å². The summed E-state index contributed by atoms with van der Waals surface area (Å²) in [7, 11) is 0. The molecule has 0 spiro atoms. The lowest BCUT2D eigenvalue weighted by Gasteiger charge is -2.36. The highest BCUT2D eigenvalue weighted by atomic mass is 127. The number of nitrogens with one attached hydrogen (secondary N) is 2. The van der Waals surface area contributed by atoms with Crippen molar-refractivity contribution < 1.29 is 9.47 Å². The van der Waals surface area contributed by atoms with Gasteiger partial charge in [0.05, 0.1) is 6.54 Å². The number of nitrogens with zero attached hydrogens (tertiary/aromatic N) is 1. The number of hydrogen-bond acceptors (Lipinski definition) is 3. The van der Waals surface area contributed by atoms with Gasteiger partial charge in [0.25, 0.3) is 0 Å². The Morgan fingerprint density at radius 3 is 2.68 bits per heavy atom. The Hall–Kier alpha value is -0.570. The molecule has 0 amide bonds. The van der Waals surface area contributed by atoms with Gasteiger partial charge in [-0.15, -0.1) is 24.0 Å². The maximum absolute atomic E-state index is 6.26. The first-order valence-corrected chi connectivity index (χ1v) is 10.5. The second kappa shape index (κ2) is 14.4. The van der Waals surface area contributed by atoms with Crippen LogP contribution in [0.25, 0.3) is 0 Å². The van der Waals surface area contributed by atoms with Crippen LogP contribution in [-0.4, -0.2) is 52.0 Å². The van der Waals surface area contributed by atoms with Crippen molar-refractivity contribution in [2.45, 2.75) is 44.9 Å². The van der Waals surface area contributed by atoms with Gasteiger partial charge in [0.2, 0.25) is 0 Å². The average Bonchev–Trinajstić information content (AvgIpc) is 2.69. The van der Waals surface area contributed by atoms with Crippen molar-refractivity contribution in [3.63, 3.8) is 0 Å². The highest BCUT2D eigenvalue weighted by Gasteiger charge is 2.34. The lowest BCUT2D eigenvalue weighted by Crippen LogP contribution is -2.41. The van der Waals surface area contributed by atoms with E-state index in [2.05, 4.69) is 29.7 Å². The van der Waals surface area contributed by atoms with Gasteiger partial charge in [0.1, 0.15) is 0 Å². The number of unbranched alkanes of at least 4 members (excludes halogenated alkanes) is 1. The fourth-order valence-electron chi connectivity index (χ4n) is 3.37. The van der Waals surface area contributed by atoms with Crippen molar-refractivity contribution >= 4 is 41.5 Å². The predicted octanol–water partition coefficient (Wildman–Crippen LogP) is 4.38. The molecule has 0 unspecified atom stereocenters. The lowest BCUT2D eigenvalue weighted by molar-refractivity contribution is 0.0531. The first-order chi connectivity index (χ1) is 13.2. The third kappa shape index (κ3) is 8.43. The summed E-state index contributed by atoms with van der Waals surface area (Å²) in [6.07, 6.45) is 4.05. The lowest BCUT2D eigenvalue weighted by atomic mass is 9.74. The molecule has 0 radical (unpaired) electrons. The SMILES string of the molecule is CCNC(=NCC1(c2cccc(Cl)c2)CCOCC1)NCCCCOCC.I. The van der Waals surface area contributed by atoms with Crippen LogP contribution in [0.5, 0.6) is 0 Å². The zero-order chi connectivity index (χ0) is 19.4. The monoisotopic (exact) mass is 523 g/mol. The molecule has 0 saturated carbocycles. The average molecular weight is 524 g/mol. The van der Waals surface area contributed by atoms with E-state index in [1.165, 1.54) is 5.56 Å². The van der Waals surface area contributed by atoms with Crippen LogP contribution in [0.1, 0.15) is 45.1 Å². The van der Waals surface area contributed by atoms with Gasteiger partial charge in [0, 0.05) is 50.0 Å². The Bertz CT molecular complexity index is 581. The molecule has 1 aliphatic rings. The summed E-state index contributed by atoms with van der Waals surface area (Å²) in [6.45, 7) is 9.73. The summed E-state index contributed by atoms with van der Waals surface area (Å²) in [4.78, 5) is 4.91. The molecule has 1 saturated heterocycles. The van der Waals surface area contributed by atoms with Gasteiger partial charge in [-0.2, -0.15) is 0 Å². The molecule has 1 aliphatic heterocycles. The molecule has 0 atom stereocenters. The number of aliphatic imine (C=N–C) groups is 1. The largest absolute Gasteiger partial charge is 0.382 e. The standard InChI is InChI=1S/C21H34ClN3O2.HI/c1-3-23-20(24-12-5-6-13-26-4-2)25-17-21(10-14-27-15-11-21)18-8-7-9-19(22)16-18;/h7-9,16H,3-6,10-15,17H2,1-2H3,(H2,23,24,25);1H. The molecule has 5 nitrogen and oxygen atoms in total. The molecule has 2 rings (SSSR count). The predicted molar refractivity (Wildman–Crippen MR) is 128 cm³/mol. The summed E-state index contributed by atoms with van der Waals surface area (Å²) in [5, 5.41) is 7.58. The van der Waals surface area contributed by atoms with Gasteiger partial charge in [-0.1, -0.05) is 23.7 Å². The smallest absolute Gasteiger partial charge is 0.191 e. The normalized spacial score (nSPS) is 16.3. The van der Waals surface area contributed by atoms with E-state index in [0.29, 0.717) is 0 Å². The first kappa shape index (κ1) is 25.5. The van der Waals surface area contributed by atoms with Gasteiger partial charge in [-0.25, -0.2) is 0 Å². The molecule has 28 heavy (non-hydrogen) atoms. The Morgan fingerprint density at radius 1 is 1.21 bits per heavy atom. The molecule has 0 bridgehead atoms. The second-order valence-corrected chi connectivity index (χ2v) is 7.37.